The normalized spacial score (nSPS) is 10.3. The molecule has 0 aliphatic rings. The molecule has 0 saturated heterocycles. The number of halogens is 1. The van der Waals surface area contributed by atoms with E-state index in [2.05, 4.69) is 26.2 Å². The van der Waals surface area contributed by atoms with Crippen LogP contribution in [0.3, 0.4) is 0 Å². The minimum absolute atomic E-state index is 0.00622. The highest BCUT2D eigenvalue weighted by Gasteiger charge is 2.15. The van der Waals surface area contributed by atoms with Crippen LogP contribution in [0.15, 0.2) is 28.1 Å². The van der Waals surface area contributed by atoms with Crippen molar-refractivity contribution in [3.8, 4) is 0 Å². The number of hydrogen-bond acceptors (Lipinski definition) is 5. The third-order valence-electron chi connectivity index (χ3n) is 2.32. The average molecular weight is 328 g/mol. The molecular weight excluding hydrogens is 318 g/mol. The molecule has 0 aromatic carbocycles. The van der Waals surface area contributed by atoms with E-state index in [0.29, 0.717) is 12.4 Å². The molecule has 0 amide bonds. The van der Waals surface area contributed by atoms with Crippen molar-refractivity contribution in [1.82, 2.24) is 4.98 Å². The summed E-state index contributed by atoms with van der Waals surface area (Å²) in [6, 6.07) is 5.04. The van der Waals surface area contributed by atoms with E-state index in [-0.39, 0.29) is 5.69 Å². The molecule has 94 valence electrons. The first-order chi connectivity index (χ1) is 8.58. The monoisotopic (exact) mass is 327 g/mol. The van der Waals surface area contributed by atoms with Gasteiger partial charge in [0.15, 0.2) is 0 Å². The molecule has 2 heterocycles. The van der Waals surface area contributed by atoms with Crippen LogP contribution in [-0.4, -0.2) is 9.91 Å². The van der Waals surface area contributed by atoms with Crippen LogP contribution in [0, 0.1) is 17.0 Å². The van der Waals surface area contributed by atoms with Crippen molar-refractivity contribution in [3.63, 3.8) is 0 Å². The number of aryl methyl sites for hydroxylation is 1. The fourth-order valence-electron chi connectivity index (χ4n) is 1.44. The molecule has 0 bridgehead atoms. The number of rotatable bonds is 4. The zero-order chi connectivity index (χ0) is 13.1. The molecule has 2 aromatic rings. The van der Waals surface area contributed by atoms with E-state index in [1.165, 1.54) is 6.07 Å². The molecule has 0 radical (unpaired) electrons. The van der Waals surface area contributed by atoms with E-state index in [1.54, 1.807) is 24.3 Å². The first-order valence-electron chi connectivity index (χ1n) is 5.15. The molecule has 0 saturated carbocycles. The molecule has 0 aliphatic heterocycles. The number of nitro groups is 1. The smallest absolute Gasteiger partial charge is 0.311 e. The molecular formula is C11H10BrN3O2S. The van der Waals surface area contributed by atoms with Gasteiger partial charge in [-0.25, -0.2) is 4.98 Å². The number of anilines is 1. The van der Waals surface area contributed by atoms with Crippen LogP contribution in [0.2, 0.25) is 0 Å². The quantitative estimate of drug-likeness (QED) is 0.686. The van der Waals surface area contributed by atoms with Crippen LogP contribution in [0.25, 0.3) is 0 Å². The lowest BCUT2D eigenvalue weighted by molar-refractivity contribution is -0.384. The molecule has 1 N–H and O–H groups in total. The summed E-state index contributed by atoms with van der Waals surface area (Å²) in [5.74, 6) is 0.306. The first-order valence-corrected chi connectivity index (χ1v) is 6.83. The van der Waals surface area contributed by atoms with Gasteiger partial charge in [0.2, 0.25) is 5.82 Å². The third-order valence-corrected chi connectivity index (χ3v) is 4.24. The van der Waals surface area contributed by atoms with Crippen molar-refractivity contribution in [2.45, 2.75) is 13.5 Å². The second-order valence-electron chi connectivity index (χ2n) is 3.62. The van der Waals surface area contributed by atoms with Crippen molar-refractivity contribution >= 4 is 38.8 Å². The Labute approximate surface area is 116 Å². The maximum atomic E-state index is 10.9. The topological polar surface area (TPSA) is 68.1 Å². The molecule has 0 unspecified atom stereocenters. The summed E-state index contributed by atoms with van der Waals surface area (Å²) in [5, 5.41) is 15.8. The highest BCUT2D eigenvalue weighted by molar-refractivity contribution is 9.10. The van der Waals surface area contributed by atoms with E-state index >= 15 is 0 Å². The maximum Gasteiger partial charge on any atom is 0.311 e. The van der Waals surface area contributed by atoms with Crippen molar-refractivity contribution in [2.24, 2.45) is 0 Å². The van der Waals surface area contributed by atoms with E-state index < -0.39 is 4.92 Å². The molecule has 2 rings (SSSR count). The molecule has 7 heteroatoms. The van der Waals surface area contributed by atoms with Crippen LogP contribution in [-0.2, 0) is 6.54 Å². The number of pyridine rings is 1. The van der Waals surface area contributed by atoms with Crippen LogP contribution in [0.1, 0.15) is 10.6 Å². The summed E-state index contributed by atoms with van der Waals surface area (Å²) in [6.07, 6.45) is 0. The fraction of sp³-hybridized carbons (Fsp3) is 0.182. The van der Waals surface area contributed by atoms with Gasteiger partial charge in [0, 0.05) is 21.1 Å². The summed E-state index contributed by atoms with van der Waals surface area (Å²) in [4.78, 5) is 15.7. The minimum atomic E-state index is -0.432. The highest BCUT2D eigenvalue weighted by atomic mass is 79.9. The van der Waals surface area contributed by atoms with Gasteiger partial charge in [0.25, 0.3) is 0 Å². The average Bonchev–Trinajstić information content (AvgIpc) is 2.72. The molecule has 2 aromatic heterocycles. The van der Waals surface area contributed by atoms with Crippen molar-refractivity contribution in [2.75, 3.05) is 5.32 Å². The van der Waals surface area contributed by atoms with E-state index in [4.69, 9.17) is 0 Å². The lowest BCUT2D eigenvalue weighted by Gasteiger charge is -2.06. The SMILES string of the molecule is Cc1ccc([N+](=O)[O-])c(NCc2sccc2Br)n1. The third kappa shape index (κ3) is 2.85. The summed E-state index contributed by atoms with van der Waals surface area (Å²) in [6.45, 7) is 2.31. The summed E-state index contributed by atoms with van der Waals surface area (Å²) in [7, 11) is 0. The minimum Gasteiger partial charge on any atom is -0.359 e. The molecule has 0 atom stereocenters. The lowest BCUT2D eigenvalue weighted by Crippen LogP contribution is -2.04. The lowest BCUT2D eigenvalue weighted by atomic mass is 10.3. The Morgan fingerprint density at radius 2 is 2.28 bits per heavy atom. The predicted octanol–water partition coefficient (Wildman–Crippen LogP) is 3.73. The van der Waals surface area contributed by atoms with E-state index in [1.807, 2.05) is 11.4 Å². The molecule has 0 aliphatic carbocycles. The van der Waals surface area contributed by atoms with Crippen LogP contribution >= 0.6 is 27.3 Å². The Morgan fingerprint density at radius 3 is 2.89 bits per heavy atom. The molecule has 18 heavy (non-hydrogen) atoms. The Hall–Kier alpha value is -1.47. The standard InChI is InChI=1S/C11H10BrN3O2S/c1-7-2-3-9(15(16)17)11(14-7)13-6-10-8(12)4-5-18-10/h2-5H,6H2,1H3,(H,13,14). The zero-order valence-electron chi connectivity index (χ0n) is 9.51. The van der Waals surface area contributed by atoms with Crippen LogP contribution in [0.5, 0.6) is 0 Å². The second kappa shape index (κ2) is 5.45. The van der Waals surface area contributed by atoms with Gasteiger partial charge in [0.05, 0.1) is 11.5 Å². The number of hydrogen-bond donors (Lipinski definition) is 1. The van der Waals surface area contributed by atoms with Gasteiger partial charge in [-0.05, 0) is 40.4 Å². The molecule has 0 spiro atoms. The van der Waals surface area contributed by atoms with Gasteiger partial charge in [-0.1, -0.05) is 0 Å². The Morgan fingerprint density at radius 1 is 1.50 bits per heavy atom. The summed E-state index contributed by atoms with van der Waals surface area (Å²) >= 11 is 5.00. The van der Waals surface area contributed by atoms with E-state index in [9.17, 15) is 10.1 Å². The first kappa shape index (κ1) is 13.0. The van der Waals surface area contributed by atoms with Crippen molar-refractivity contribution < 1.29 is 4.92 Å². The summed E-state index contributed by atoms with van der Waals surface area (Å²) in [5.41, 5.74) is 0.738. The van der Waals surface area contributed by atoms with Crippen molar-refractivity contribution in [1.29, 1.82) is 0 Å². The number of aromatic nitrogens is 1. The number of nitrogens with one attached hydrogen (secondary N) is 1. The predicted molar refractivity (Wildman–Crippen MR) is 75.0 cm³/mol. The summed E-state index contributed by atoms with van der Waals surface area (Å²) < 4.78 is 0.996. The van der Waals surface area contributed by atoms with Gasteiger partial charge in [-0.15, -0.1) is 11.3 Å². The van der Waals surface area contributed by atoms with Crippen LogP contribution in [0.4, 0.5) is 11.5 Å². The van der Waals surface area contributed by atoms with Gasteiger partial charge in [0.1, 0.15) is 0 Å². The molecule has 0 fully saturated rings. The van der Waals surface area contributed by atoms with Gasteiger partial charge in [-0.3, -0.25) is 10.1 Å². The van der Waals surface area contributed by atoms with E-state index in [0.717, 1.165) is 15.0 Å². The molecule has 5 nitrogen and oxygen atoms in total. The van der Waals surface area contributed by atoms with Crippen LogP contribution < -0.4 is 5.32 Å². The fourth-order valence-corrected chi connectivity index (χ4v) is 2.87. The largest absolute Gasteiger partial charge is 0.359 e. The number of thiophene rings is 1. The number of nitrogens with zero attached hydrogens (tertiary/aromatic N) is 2. The second-order valence-corrected chi connectivity index (χ2v) is 5.48. The van der Waals surface area contributed by atoms with Gasteiger partial charge >= 0.3 is 5.69 Å². The maximum absolute atomic E-state index is 10.9. The van der Waals surface area contributed by atoms with Gasteiger partial charge < -0.3 is 5.32 Å². The van der Waals surface area contributed by atoms with Gasteiger partial charge in [-0.2, -0.15) is 0 Å². The Balaban J connectivity index is 2.20. The zero-order valence-corrected chi connectivity index (χ0v) is 11.9. The van der Waals surface area contributed by atoms with Crippen molar-refractivity contribution in [3.05, 3.63) is 48.7 Å². The Bertz CT molecular complexity index is 585. The highest BCUT2D eigenvalue weighted by Crippen LogP contribution is 2.26. The Kier molecular flexibility index (Phi) is 3.93.